The molecule has 3 heteroatoms. The lowest BCUT2D eigenvalue weighted by Crippen LogP contribution is -2.21. The molecule has 1 aromatic carbocycles. The molecule has 18 heavy (non-hydrogen) atoms. The Hall–Kier alpha value is -1.51. The molecule has 0 atom stereocenters. The minimum Gasteiger partial charge on any atom is -0.494 e. The van der Waals surface area contributed by atoms with Crippen LogP contribution in [0.1, 0.15) is 38.2 Å². The molecule has 0 aliphatic heterocycles. The van der Waals surface area contributed by atoms with Gasteiger partial charge in [0.25, 0.3) is 0 Å². The number of hydrogen-bond donors (Lipinski definition) is 1. The van der Waals surface area contributed by atoms with E-state index in [2.05, 4.69) is 6.92 Å². The summed E-state index contributed by atoms with van der Waals surface area (Å²) in [5.41, 5.74) is 0.915. The molecule has 0 aliphatic carbocycles. The summed E-state index contributed by atoms with van der Waals surface area (Å²) in [4.78, 5) is 1.79. The fraction of sp³-hybridized carbons (Fsp3) is 0.533. The molecule has 0 fully saturated rings. The highest BCUT2D eigenvalue weighted by molar-refractivity contribution is 5.96. The molecule has 0 amide bonds. The van der Waals surface area contributed by atoms with E-state index in [1.807, 2.05) is 38.4 Å². The number of benzene rings is 1. The Bertz CT molecular complexity index is 357. The number of hydrogen-bond acceptors (Lipinski definition) is 2. The van der Waals surface area contributed by atoms with Crippen molar-refractivity contribution in [3.05, 3.63) is 29.8 Å². The second-order valence-corrected chi connectivity index (χ2v) is 4.68. The van der Waals surface area contributed by atoms with E-state index in [0.717, 1.165) is 24.3 Å². The zero-order chi connectivity index (χ0) is 13.4. The minimum atomic E-state index is 0.518. The summed E-state index contributed by atoms with van der Waals surface area (Å²) in [7, 11) is 3.75. The summed E-state index contributed by atoms with van der Waals surface area (Å²) in [6.07, 6.45) is 4.88. The molecule has 1 N–H and O–H groups in total. The van der Waals surface area contributed by atoms with Gasteiger partial charge in [-0.15, -0.1) is 0 Å². The van der Waals surface area contributed by atoms with E-state index in [1.54, 1.807) is 4.90 Å². The molecule has 0 heterocycles. The molecule has 0 aliphatic rings. The standard InChI is InChI=1S/C15H24N2O/c1-4-5-6-7-12-18-14-10-8-13(9-11-14)15(16)17(2)3/h8-11,16H,4-7,12H2,1-3H3. The van der Waals surface area contributed by atoms with Crippen LogP contribution in [0, 0.1) is 5.41 Å². The smallest absolute Gasteiger partial charge is 0.127 e. The first kappa shape index (κ1) is 14.6. The molecule has 0 radical (unpaired) electrons. The maximum Gasteiger partial charge on any atom is 0.127 e. The maximum absolute atomic E-state index is 7.85. The van der Waals surface area contributed by atoms with Gasteiger partial charge in [-0.2, -0.15) is 0 Å². The molecule has 0 unspecified atom stereocenters. The van der Waals surface area contributed by atoms with Crippen molar-refractivity contribution in [3.8, 4) is 5.75 Å². The average molecular weight is 248 g/mol. The Morgan fingerprint density at radius 1 is 1.11 bits per heavy atom. The molecule has 0 saturated carbocycles. The Morgan fingerprint density at radius 2 is 1.78 bits per heavy atom. The van der Waals surface area contributed by atoms with E-state index in [-0.39, 0.29) is 0 Å². The van der Waals surface area contributed by atoms with Gasteiger partial charge in [0.1, 0.15) is 11.6 Å². The van der Waals surface area contributed by atoms with Crippen molar-refractivity contribution < 1.29 is 4.74 Å². The molecule has 0 aromatic heterocycles. The van der Waals surface area contributed by atoms with Crippen LogP contribution < -0.4 is 4.74 Å². The van der Waals surface area contributed by atoms with Gasteiger partial charge in [-0.3, -0.25) is 5.41 Å². The van der Waals surface area contributed by atoms with Crippen LogP contribution in [0.15, 0.2) is 24.3 Å². The predicted molar refractivity (Wildman–Crippen MR) is 76.6 cm³/mol. The molecular formula is C15H24N2O. The Labute approximate surface area is 110 Å². The summed E-state index contributed by atoms with van der Waals surface area (Å²) in [6.45, 7) is 2.99. The van der Waals surface area contributed by atoms with Gasteiger partial charge in [-0.05, 0) is 30.7 Å². The number of amidine groups is 1. The molecule has 100 valence electrons. The zero-order valence-corrected chi connectivity index (χ0v) is 11.7. The van der Waals surface area contributed by atoms with E-state index >= 15 is 0 Å². The van der Waals surface area contributed by atoms with Gasteiger partial charge < -0.3 is 9.64 Å². The van der Waals surface area contributed by atoms with Crippen molar-refractivity contribution in [2.24, 2.45) is 0 Å². The van der Waals surface area contributed by atoms with Crippen LogP contribution in [0.5, 0.6) is 5.75 Å². The molecule has 1 rings (SSSR count). The summed E-state index contributed by atoms with van der Waals surface area (Å²) in [5.74, 6) is 1.41. The average Bonchev–Trinajstić information content (AvgIpc) is 2.38. The summed E-state index contributed by atoms with van der Waals surface area (Å²) in [6, 6.07) is 7.74. The van der Waals surface area contributed by atoms with Gasteiger partial charge in [0, 0.05) is 19.7 Å². The molecule has 0 saturated heterocycles. The molecule has 1 aromatic rings. The molecule has 3 nitrogen and oxygen atoms in total. The van der Waals surface area contributed by atoms with Gasteiger partial charge >= 0.3 is 0 Å². The number of nitrogens with one attached hydrogen (secondary N) is 1. The van der Waals surface area contributed by atoms with Crippen molar-refractivity contribution in [3.63, 3.8) is 0 Å². The first-order valence-electron chi connectivity index (χ1n) is 6.64. The SMILES string of the molecule is CCCCCCOc1ccc(C(=N)N(C)C)cc1. The minimum absolute atomic E-state index is 0.518. The van der Waals surface area contributed by atoms with Crippen molar-refractivity contribution in [2.75, 3.05) is 20.7 Å². The summed E-state index contributed by atoms with van der Waals surface area (Å²) >= 11 is 0. The third kappa shape index (κ3) is 4.78. The Balaban J connectivity index is 2.38. The van der Waals surface area contributed by atoms with Crippen molar-refractivity contribution in [1.29, 1.82) is 5.41 Å². The lowest BCUT2D eigenvalue weighted by atomic mass is 10.2. The van der Waals surface area contributed by atoms with Crippen molar-refractivity contribution >= 4 is 5.84 Å². The lowest BCUT2D eigenvalue weighted by molar-refractivity contribution is 0.305. The summed E-state index contributed by atoms with van der Waals surface area (Å²) in [5, 5.41) is 7.85. The molecule has 0 bridgehead atoms. The van der Waals surface area contributed by atoms with E-state index in [1.165, 1.54) is 19.3 Å². The highest BCUT2D eigenvalue weighted by Gasteiger charge is 2.03. The van der Waals surface area contributed by atoms with E-state index in [0.29, 0.717) is 5.84 Å². The van der Waals surface area contributed by atoms with E-state index in [4.69, 9.17) is 10.1 Å². The highest BCUT2D eigenvalue weighted by Crippen LogP contribution is 2.13. The quantitative estimate of drug-likeness (QED) is 0.455. The lowest BCUT2D eigenvalue weighted by Gasteiger charge is -2.14. The van der Waals surface area contributed by atoms with Gasteiger partial charge in [-0.1, -0.05) is 26.2 Å². The normalized spacial score (nSPS) is 10.2. The largest absolute Gasteiger partial charge is 0.494 e. The van der Waals surface area contributed by atoms with Gasteiger partial charge in [0.05, 0.1) is 6.61 Å². The van der Waals surface area contributed by atoms with Crippen LogP contribution in [0.3, 0.4) is 0 Å². The zero-order valence-electron chi connectivity index (χ0n) is 11.7. The number of nitrogens with zero attached hydrogens (tertiary/aromatic N) is 1. The predicted octanol–water partition coefficient (Wildman–Crippen LogP) is 3.53. The summed E-state index contributed by atoms with van der Waals surface area (Å²) < 4.78 is 5.66. The van der Waals surface area contributed by atoms with Crippen LogP contribution in [0.2, 0.25) is 0 Å². The second kappa shape index (κ2) is 7.75. The van der Waals surface area contributed by atoms with Crippen molar-refractivity contribution in [1.82, 2.24) is 4.90 Å². The fourth-order valence-electron chi connectivity index (χ4n) is 1.69. The number of ether oxygens (including phenoxy) is 1. The number of unbranched alkanes of at least 4 members (excludes halogenated alkanes) is 3. The Morgan fingerprint density at radius 3 is 2.33 bits per heavy atom. The topological polar surface area (TPSA) is 36.3 Å². The maximum atomic E-state index is 7.85. The van der Waals surface area contributed by atoms with Crippen LogP contribution in [0.4, 0.5) is 0 Å². The third-order valence-electron chi connectivity index (χ3n) is 2.84. The first-order valence-corrected chi connectivity index (χ1v) is 6.64. The van der Waals surface area contributed by atoms with Gasteiger partial charge in [0.15, 0.2) is 0 Å². The van der Waals surface area contributed by atoms with Crippen LogP contribution in [-0.4, -0.2) is 31.4 Å². The number of rotatable bonds is 7. The van der Waals surface area contributed by atoms with Gasteiger partial charge in [0.2, 0.25) is 0 Å². The van der Waals surface area contributed by atoms with E-state index < -0.39 is 0 Å². The fourth-order valence-corrected chi connectivity index (χ4v) is 1.69. The highest BCUT2D eigenvalue weighted by atomic mass is 16.5. The van der Waals surface area contributed by atoms with Gasteiger partial charge in [-0.25, -0.2) is 0 Å². The van der Waals surface area contributed by atoms with Crippen LogP contribution >= 0.6 is 0 Å². The first-order chi connectivity index (χ1) is 8.65. The third-order valence-corrected chi connectivity index (χ3v) is 2.84. The van der Waals surface area contributed by atoms with Crippen molar-refractivity contribution in [2.45, 2.75) is 32.6 Å². The second-order valence-electron chi connectivity index (χ2n) is 4.68. The van der Waals surface area contributed by atoms with E-state index in [9.17, 15) is 0 Å². The van der Waals surface area contributed by atoms with Crippen LogP contribution in [-0.2, 0) is 0 Å². The molecule has 0 spiro atoms. The monoisotopic (exact) mass is 248 g/mol. The van der Waals surface area contributed by atoms with Crippen LogP contribution in [0.25, 0.3) is 0 Å². The molecular weight excluding hydrogens is 224 g/mol. The Kier molecular flexibility index (Phi) is 6.26.